The lowest BCUT2D eigenvalue weighted by Crippen LogP contribution is -2.49. The molecule has 1 amide bonds. The number of amides is 1. The number of carbonyl (C=O) groups is 1. The van der Waals surface area contributed by atoms with Crippen molar-refractivity contribution in [2.24, 2.45) is 0 Å². The molecule has 0 saturated carbocycles. The number of nitrogens with two attached hydrogens (primary N) is 1. The summed E-state index contributed by atoms with van der Waals surface area (Å²) in [5, 5.41) is 4.15. The van der Waals surface area contributed by atoms with E-state index in [2.05, 4.69) is 10.00 Å². The standard InChI is InChI=1S/C12H21N5O2/c1-2-19-12(18)16-6-3-15(4-7-16)5-8-17-10-11(13)9-14-17/h9-10H,2-8,13H2,1H3. The smallest absolute Gasteiger partial charge is 0.409 e. The summed E-state index contributed by atoms with van der Waals surface area (Å²) < 4.78 is 6.83. The molecule has 0 aromatic carbocycles. The number of nitrogens with zero attached hydrogens (tertiary/aromatic N) is 4. The van der Waals surface area contributed by atoms with E-state index in [1.54, 1.807) is 11.1 Å². The number of piperazine rings is 1. The number of hydrogen-bond acceptors (Lipinski definition) is 5. The SMILES string of the molecule is CCOC(=O)N1CCN(CCn2cc(N)cn2)CC1. The Kier molecular flexibility index (Phi) is 4.62. The first-order valence-corrected chi connectivity index (χ1v) is 6.61. The van der Waals surface area contributed by atoms with E-state index in [-0.39, 0.29) is 6.09 Å². The van der Waals surface area contributed by atoms with Gasteiger partial charge in [0.15, 0.2) is 0 Å². The second-order valence-corrected chi connectivity index (χ2v) is 4.56. The van der Waals surface area contributed by atoms with Crippen LogP contribution in [-0.2, 0) is 11.3 Å². The Bertz CT molecular complexity index is 412. The molecule has 2 rings (SSSR count). The largest absolute Gasteiger partial charge is 0.450 e. The van der Waals surface area contributed by atoms with Crippen LogP contribution in [0.25, 0.3) is 0 Å². The molecule has 0 radical (unpaired) electrons. The highest BCUT2D eigenvalue weighted by molar-refractivity contribution is 5.67. The first kappa shape index (κ1) is 13.7. The van der Waals surface area contributed by atoms with Crippen molar-refractivity contribution in [1.29, 1.82) is 0 Å². The monoisotopic (exact) mass is 267 g/mol. The fourth-order valence-electron chi connectivity index (χ4n) is 2.11. The highest BCUT2D eigenvalue weighted by atomic mass is 16.6. The number of hydrogen-bond donors (Lipinski definition) is 1. The Labute approximate surface area is 112 Å². The van der Waals surface area contributed by atoms with E-state index in [1.807, 2.05) is 17.8 Å². The first-order chi connectivity index (χ1) is 9.19. The van der Waals surface area contributed by atoms with Crippen molar-refractivity contribution >= 4 is 11.8 Å². The van der Waals surface area contributed by atoms with E-state index in [9.17, 15) is 4.79 Å². The van der Waals surface area contributed by atoms with Gasteiger partial charge in [0.05, 0.1) is 25.0 Å². The Morgan fingerprint density at radius 1 is 1.37 bits per heavy atom. The van der Waals surface area contributed by atoms with Crippen molar-refractivity contribution in [1.82, 2.24) is 19.6 Å². The Hall–Kier alpha value is -1.76. The second-order valence-electron chi connectivity index (χ2n) is 4.56. The van der Waals surface area contributed by atoms with Crippen molar-refractivity contribution in [3.05, 3.63) is 12.4 Å². The van der Waals surface area contributed by atoms with Crippen LogP contribution in [0, 0.1) is 0 Å². The summed E-state index contributed by atoms with van der Waals surface area (Å²) in [6, 6.07) is 0. The van der Waals surface area contributed by atoms with Crippen molar-refractivity contribution in [3.63, 3.8) is 0 Å². The molecule has 1 aromatic heterocycles. The third-order valence-electron chi connectivity index (χ3n) is 3.20. The lowest BCUT2D eigenvalue weighted by atomic mass is 10.3. The van der Waals surface area contributed by atoms with Crippen LogP contribution in [-0.4, -0.2) is 65.0 Å². The molecule has 0 atom stereocenters. The molecule has 1 aliphatic rings. The van der Waals surface area contributed by atoms with Gasteiger partial charge >= 0.3 is 6.09 Å². The molecular formula is C12H21N5O2. The topological polar surface area (TPSA) is 76.6 Å². The van der Waals surface area contributed by atoms with Gasteiger partial charge < -0.3 is 15.4 Å². The van der Waals surface area contributed by atoms with Crippen LogP contribution in [0.1, 0.15) is 6.92 Å². The van der Waals surface area contributed by atoms with E-state index >= 15 is 0 Å². The Morgan fingerprint density at radius 2 is 2.11 bits per heavy atom. The molecule has 1 fully saturated rings. The van der Waals surface area contributed by atoms with Crippen LogP contribution in [0.4, 0.5) is 10.5 Å². The summed E-state index contributed by atoms with van der Waals surface area (Å²) in [4.78, 5) is 15.6. The van der Waals surface area contributed by atoms with E-state index in [4.69, 9.17) is 10.5 Å². The number of anilines is 1. The average Bonchev–Trinajstić information content (AvgIpc) is 2.83. The molecule has 1 saturated heterocycles. The van der Waals surface area contributed by atoms with Crippen LogP contribution < -0.4 is 5.73 Å². The maximum absolute atomic E-state index is 11.5. The van der Waals surface area contributed by atoms with Crippen molar-refractivity contribution in [2.45, 2.75) is 13.5 Å². The number of ether oxygens (including phenoxy) is 1. The molecule has 0 aliphatic carbocycles. The minimum Gasteiger partial charge on any atom is -0.450 e. The molecule has 0 spiro atoms. The molecular weight excluding hydrogens is 246 g/mol. The Balaban J connectivity index is 1.70. The maximum atomic E-state index is 11.5. The van der Waals surface area contributed by atoms with E-state index in [0.717, 1.165) is 39.3 Å². The summed E-state index contributed by atoms with van der Waals surface area (Å²) in [5.74, 6) is 0. The maximum Gasteiger partial charge on any atom is 0.409 e. The predicted octanol–water partition coefficient (Wildman–Crippen LogP) is 0.239. The van der Waals surface area contributed by atoms with Crippen LogP contribution in [0.3, 0.4) is 0 Å². The normalized spacial score (nSPS) is 16.6. The zero-order chi connectivity index (χ0) is 13.7. The van der Waals surface area contributed by atoms with Gasteiger partial charge in [0, 0.05) is 38.9 Å². The Morgan fingerprint density at radius 3 is 2.68 bits per heavy atom. The highest BCUT2D eigenvalue weighted by Gasteiger charge is 2.21. The van der Waals surface area contributed by atoms with Gasteiger partial charge in [-0.05, 0) is 6.92 Å². The molecule has 2 heterocycles. The molecule has 1 aliphatic heterocycles. The van der Waals surface area contributed by atoms with Gasteiger partial charge in [0.1, 0.15) is 0 Å². The molecule has 0 bridgehead atoms. The zero-order valence-electron chi connectivity index (χ0n) is 11.3. The van der Waals surface area contributed by atoms with E-state index < -0.39 is 0 Å². The van der Waals surface area contributed by atoms with Crippen LogP contribution in [0.15, 0.2) is 12.4 Å². The molecule has 106 valence electrons. The summed E-state index contributed by atoms with van der Waals surface area (Å²) in [7, 11) is 0. The molecule has 2 N–H and O–H groups in total. The average molecular weight is 267 g/mol. The van der Waals surface area contributed by atoms with Gasteiger partial charge in [-0.2, -0.15) is 5.10 Å². The van der Waals surface area contributed by atoms with Crippen LogP contribution in [0.5, 0.6) is 0 Å². The first-order valence-electron chi connectivity index (χ1n) is 6.61. The van der Waals surface area contributed by atoms with Gasteiger partial charge in [0.25, 0.3) is 0 Å². The lowest BCUT2D eigenvalue weighted by molar-refractivity contribution is 0.0785. The molecule has 1 aromatic rings. The van der Waals surface area contributed by atoms with Crippen LogP contribution >= 0.6 is 0 Å². The summed E-state index contributed by atoms with van der Waals surface area (Å²) in [5.41, 5.74) is 6.30. The minimum absolute atomic E-state index is 0.206. The number of rotatable bonds is 4. The third kappa shape index (κ3) is 3.85. The highest BCUT2D eigenvalue weighted by Crippen LogP contribution is 2.05. The van der Waals surface area contributed by atoms with E-state index in [1.165, 1.54) is 0 Å². The third-order valence-corrected chi connectivity index (χ3v) is 3.20. The predicted molar refractivity (Wildman–Crippen MR) is 71.7 cm³/mol. The van der Waals surface area contributed by atoms with Gasteiger partial charge in [-0.15, -0.1) is 0 Å². The number of nitrogen functional groups attached to an aromatic ring is 1. The number of carbonyl (C=O) groups excluding carboxylic acids is 1. The van der Waals surface area contributed by atoms with Gasteiger partial charge in [-0.3, -0.25) is 9.58 Å². The fourth-order valence-corrected chi connectivity index (χ4v) is 2.11. The molecule has 19 heavy (non-hydrogen) atoms. The molecule has 0 unspecified atom stereocenters. The summed E-state index contributed by atoms with van der Waals surface area (Å²) in [6.45, 7) is 7.17. The van der Waals surface area contributed by atoms with Crippen molar-refractivity contribution < 1.29 is 9.53 Å². The fraction of sp³-hybridized carbons (Fsp3) is 0.667. The van der Waals surface area contributed by atoms with Gasteiger partial charge in [0.2, 0.25) is 0 Å². The quantitative estimate of drug-likeness (QED) is 0.845. The minimum atomic E-state index is -0.206. The molecule has 7 nitrogen and oxygen atoms in total. The molecule has 7 heteroatoms. The zero-order valence-corrected chi connectivity index (χ0v) is 11.3. The summed E-state index contributed by atoms with van der Waals surface area (Å²) in [6.07, 6.45) is 3.27. The number of aromatic nitrogens is 2. The van der Waals surface area contributed by atoms with Crippen molar-refractivity contribution in [3.8, 4) is 0 Å². The second kappa shape index (κ2) is 6.42. The summed E-state index contributed by atoms with van der Waals surface area (Å²) >= 11 is 0. The van der Waals surface area contributed by atoms with Gasteiger partial charge in [-0.1, -0.05) is 0 Å². The van der Waals surface area contributed by atoms with E-state index in [0.29, 0.717) is 12.3 Å². The lowest BCUT2D eigenvalue weighted by Gasteiger charge is -2.33. The van der Waals surface area contributed by atoms with Crippen molar-refractivity contribution in [2.75, 3.05) is 45.1 Å². The van der Waals surface area contributed by atoms with Gasteiger partial charge in [-0.25, -0.2) is 4.79 Å². The van der Waals surface area contributed by atoms with Crippen LogP contribution in [0.2, 0.25) is 0 Å².